The normalized spacial score (nSPS) is 10.9. The van der Waals surface area contributed by atoms with Crippen LogP contribution >= 0.6 is 0 Å². The van der Waals surface area contributed by atoms with Crippen molar-refractivity contribution in [3.05, 3.63) is 29.2 Å². The van der Waals surface area contributed by atoms with E-state index in [4.69, 9.17) is 0 Å². The number of hydrogen-bond acceptors (Lipinski definition) is 4. The van der Waals surface area contributed by atoms with E-state index in [1.807, 2.05) is 27.0 Å². The van der Waals surface area contributed by atoms with Gasteiger partial charge in [-0.2, -0.15) is 5.10 Å². The van der Waals surface area contributed by atoms with Gasteiger partial charge in [0.2, 0.25) is 0 Å². The molecule has 2 heterocycles. The number of amides is 1. The van der Waals surface area contributed by atoms with Crippen LogP contribution in [-0.2, 0) is 0 Å². The van der Waals surface area contributed by atoms with E-state index in [0.717, 1.165) is 17.9 Å². The van der Waals surface area contributed by atoms with Crippen molar-refractivity contribution in [2.75, 3.05) is 27.2 Å². The molecule has 0 saturated heterocycles. The van der Waals surface area contributed by atoms with Crippen LogP contribution < -0.4 is 5.32 Å². The second-order valence-corrected chi connectivity index (χ2v) is 4.66. The van der Waals surface area contributed by atoms with E-state index in [0.29, 0.717) is 17.8 Å². The van der Waals surface area contributed by atoms with Gasteiger partial charge in [-0.1, -0.05) is 0 Å². The summed E-state index contributed by atoms with van der Waals surface area (Å²) in [4.78, 5) is 18.4. The van der Waals surface area contributed by atoms with Gasteiger partial charge in [-0.05, 0) is 27.0 Å². The van der Waals surface area contributed by atoms with Gasteiger partial charge in [0.15, 0.2) is 5.65 Å². The molecule has 6 nitrogen and oxygen atoms in total. The zero-order chi connectivity index (χ0) is 14.0. The molecule has 0 aliphatic carbocycles. The highest BCUT2D eigenvalue weighted by Crippen LogP contribution is 2.13. The van der Waals surface area contributed by atoms with Crippen LogP contribution in [0.15, 0.2) is 12.3 Å². The number of hydrogen-bond donors (Lipinski definition) is 1. The van der Waals surface area contributed by atoms with Crippen LogP contribution in [0.3, 0.4) is 0 Å². The number of likely N-dealkylation sites (N-methyl/N-ethyl adjacent to an activating group) is 2. The van der Waals surface area contributed by atoms with Gasteiger partial charge in [0, 0.05) is 31.5 Å². The Morgan fingerprint density at radius 2 is 2.21 bits per heavy atom. The number of carbonyl (C=O) groups excluding carboxylic acids is 1. The number of carbonyl (C=O) groups is 1. The number of aromatic nitrogens is 3. The molecule has 0 aromatic carbocycles. The Labute approximate surface area is 112 Å². The van der Waals surface area contributed by atoms with E-state index in [1.54, 1.807) is 22.7 Å². The molecule has 2 rings (SSSR count). The van der Waals surface area contributed by atoms with Crippen molar-refractivity contribution in [3.63, 3.8) is 0 Å². The van der Waals surface area contributed by atoms with Crippen LogP contribution in [-0.4, -0.2) is 52.6 Å². The molecule has 19 heavy (non-hydrogen) atoms. The monoisotopic (exact) mass is 261 g/mol. The van der Waals surface area contributed by atoms with Crippen LogP contribution in [0.5, 0.6) is 0 Å². The largest absolute Gasteiger partial charge is 0.340 e. The van der Waals surface area contributed by atoms with Crippen molar-refractivity contribution in [3.8, 4) is 0 Å². The summed E-state index contributed by atoms with van der Waals surface area (Å²) in [5.74, 6) is -0.0530. The molecule has 2 aromatic heterocycles. The summed E-state index contributed by atoms with van der Waals surface area (Å²) in [5, 5.41) is 7.26. The number of nitrogens with one attached hydrogen (secondary N) is 1. The topological polar surface area (TPSA) is 62.5 Å². The molecule has 0 bridgehead atoms. The summed E-state index contributed by atoms with van der Waals surface area (Å²) >= 11 is 0. The standard InChI is InChI=1S/C13H19N5O/c1-9-7-10(2)18-12(16-9)11(8-15-18)13(19)17(4)6-5-14-3/h7-8,14H,5-6H2,1-4H3. The molecule has 0 spiro atoms. The van der Waals surface area contributed by atoms with Crippen molar-refractivity contribution in [1.82, 2.24) is 24.8 Å². The molecule has 0 aliphatic rings. The Morgan fingerprint density at radius 1 is 1.47 bits per heavy atom. The molecule has 1 N–H and O–H groups in total. The SMILES string of the molecule is CNCCN(C)C(=O)c1cnn2c(C)cc(C)nc12. The molecule has 2 aromatic rings. The Morgan fingerprint density at radius 3 is 2.89 bits per heavy atom. The molecule has 1 amide bonds. The molecule has 102 valence electrons. The third kappa shape index (κ3) is 2.58. The van der Waals surface area contributed by atoms with Gasteiger partial charge in [-0.25, -0.2) is 9.50 Å². The first kappa shape index (κ1) is 13.5. The summed E-state index contributed by atoms with van der Waals surface area (Å²) < 4.78 is 1.70. The maximum atomic E-state index is 12.4. The first-order chi connectivity index (χ1) is 9.04. The van der Waals surface area contributed by atoms with E-state index in [1.165, 1.54) is 0 Å². The summed E-state index contributed by atoms with van der Waals surface area (Å²) in [6.45, 7) is 5.27. The lowest BCUT2D eigenvalue weighted by atomic mass is 10.2. The van der Waals surface area contributed by atoms with Gasteiger partial charge in [0.05, 0.1) is 6.20 Å². The number of rotatable bonds is 4. The zero-order valence-corrected chi connectivity index (χ0v) is 11.8. The van der Waals surface area contributed by atoms with Crippen molar-refractivity contribution < 1.29 is 4.79 Å². The Kier molecular flexibility index (Phi) is 3.80. The molecule has 0 fully saturated rings. The zero-order valence-electron chi connectivity index (χ0n) is 11.8. The maximum Gasteiger partial charge on any atom is 0.259 e. The third-order valence-electron chi connectivity index (χ3n) is 3.05. The van der Waals surface area contributed by atoms with Gasteiger partial charge in [0.1, 0.15) is 5.56 Å². The van der Waals surface area contributed by atoms with Crippen molar-refractivity contribution in [2.24, 2.45) is 0 Å². The number of fused-ring (bicyclic) bond motifs is 1. The van der Waals surface area contributed by atoms with Crippen LogP contribution in [0.4, 0.5) is 0 Å². The third-order valence-corrected chi connectivity index (χ3v) is 3.05. The van der Waals surface area contributed by atoms with Gasteiger partial charge in [0.25, 0.3) is 5.91 Å². The first-order valence-electron chi connectivity index (χ1n) is 6.26. The van der Waals surface area contributed by atoms with Crippen LogP contribution in [0, 0.1) is 13.8 Å². The fourth-order valence-corrected chi connectivity index (χ4v) is 2.01. The minimum Gasteiger partial charge on any atom is -0.340 e. The van der Waals surface area contributed by atoms with Crippen LogP contribution in [0.25, 0.3) is 5.65 Å². The summed E-state index contributed by atoms with van der Waals surface area (Å²) in [6, 6.07) is 1.94. The quantitative estimate of drug-likeness (QED) is 0.877. The minimum atomic E-state index is -0.0530. The van der Waals surface area contributed by atoms with E-state index in [9.17, 15) is 4.79 Å². The molecular weight excluding hydrogens is 242 g/mol. The van der Waals surface area contributed by atoms with Crippen LogP contribution in [0.2, 0.25) is 0 Å². The second kappa shape index (κ2) is 5.36. The van der Waals surface area contributed by atoms with E-state index < -0.39 is 0 Å². The van der Waals surface area contributed by atoms with Gasteiger partial charge in [-0.3, -0.25) is 4.79 Å². The Hall–Kier alpha value is -1.95. The van der Waals surface area contributed by atoms with Gasteiger partial charge < -0.3 is 10.2 Å². The lowest BCUT2D eigenvalue weighted by molar-refractivity contribution is 0.0798. The summed E-state index contributed by atoms with van der Waals surface area (Å²) in [6.07, 6.45) is 1.59. The fourth-order valence-electron chi connectivity index (χ4n) is 2.01. The molecule has 0 aliphatic heterocycles. The molecule has 0 unspecified atom stereocenters. The lowest BCUT2D eigenvalue weighted by Crippen LogP contribution is -2.32. The average Bonchev–Trinajstić information content (AvgIpc) is 2.78. The fraction of sp³-hybridized carbons (Fsp3) is 0.462. The summed E-state index contributed by atoms with van der Waals surface area (Å²) in [5.41, 5.74) is 3.03. The predicted octanol–water partition coefficient (Wildman–Crippen LogP) is 0.638. The molecule has 0 saturated carbocycles. The lowest BCUT2D eigenvalue weighted by Gasteiger charge is -2.15. The van der Waals surface area contributed by atoms with Crippen molar-refractivity contribution in [2.45, 2.75) is 13.8 Å². The first-order valence-corrected chi connectivity index (χ1v) is 6.26. The Balaban J connectivity index is 2.37. The highest BCUT2D eigenvalue weighted by molar-refractivity contribution is 5.99. The van der Waals surface area contributed by atoms with Crippen LogP contribution in [0.1, 0.15) is 21.7 Å². The van der Waals surface area contributed by atoms with E-state index in [2.05, 4.69) is 15.4 Å². The smallest absolute Gasteiger partial charge is 0.259 e. The predicted molar refractivity (Wildman–Crippen MR) is 73.3 cm³/mol. The highest BCUT2D eigenvalue weighted by atomic mass is 16.2. The number of aryl methyl sites for hydroxylation is 2. The average molecular weight is 261 g/mol. The summed E-state index contributed by atoms with van der Waals surface area (Å²) in [7, 11) is 3.65. The van der Waals surface area contributed by atoms with E-state index >= 15 is 0 Å². The van der Waals surface area contributed by atoms with Crippen molar-refractivity contribution in [1.29, 1.82) is 0 Å². The van der Waals surface area contributed by atoms with Gasteiger partial charge >= 0.3 is 0 Å². The van der Waals surface area contributed by atoms with E-state index in [-0.39, 0.29) is 5.91 Å². The molecular formula is C13H19N5O. The van der Waals surface area contributed by atoms with Crippen molar-refractivity contribution >= 4 is 11.6 Å². The maximum absolute atomic E-state index is 12.4. The molecule has 0 atom stereocenters. The second-order valence-electron chi connectivity index (χ2n) is 4.66. The molecule has 6 heteroatoms. The minimum absolute atomic E-state index is 0.0530. The van der Waals surface area contributed by atoms with Gasteiger partial charge in [-0.15, -0.1) is 0 Å². The Bertz CT molecular complexity index is 604. The highest BCUT2D eigenvalue weighted by Gasteiger charge is 2.18. The number of nitrogens with zero attached hydrogens (tertiary/aromatic N) is 4. The molecule has 0 radical (unpaired) electrons.